The van der Waals surface area contributed by atoms with Crippen LogP contribution < -0.4 is 5.32 Å². The van der Waals surface area contributed by atoms with Crippen LogP contribution in [0, 0.1) is 0 Å². The molecule has 0 bridgehead atoms. The first-order valence-corrected chi connectivity index (χ1v) is 7.53. The predicted octanol–water partition coefficient (Wildman–Crippen LogP) is 3.10. The van der Waals surface area contributed by atoms with Crippen molar-refractivity contribution in [3.8, 4) is 0 Å². The van der Waals surface area contributed by atoms with Gasteiger partial charge in [-0.1, -0.05) is 12.1 Å². The van der Waals surface area contributed by atoms with Gasteiger partial charge in [-0.3, -0.25) is 4.79 Å². The summed E-state index contributed by atoms with van der Waals surface area (Å²) in [4.78, 5) is 18.6. The number of amides is 1. The van der Waals surface area contributed by atoms with Crippen LogP contribution in [0.2, 0.25) is 0 Å². The Kier molecular flexibility index (Phi) is 3.57. The zero-order valence-corrected chi connectivity index (χ0v) is 12.1. The number of aryl methyl sites for hydroxylation is 2. The molecule has 0 saturated heterocycles. The van der Waals surface area contributed by atoms with Crippen molar-refractivity contribution in [2.45, 2.75) is 30.6 Å². The molecule has 0 saturated carbocycles. The Balaban J connectivity index is 1.63. The van der Waals surface area contributed by atoms with Crippen molar-refractivity contribution in [3.63, 3.8) is 0 Å². The number of rotatable bonds is 3. The van der Waals surface area contributed by atoms with Crippen LogP contribution >= 0.6 is 24.0 Å². The highest BCUT2D eigenvalue weighted by Gasteiger charge is 2.17. The molecule has 3 rings (SSSR count). The maximum absolute atomic E-state index is 11.9. The van der Waals surface area contributed by atoms with Crippen LogP contribution in [0.4, 0.5) is 5.13 Å². The number of thiazole rings is 1. The first-order chi connectivity index (χ1) is 9.20. The lowest BCUT2D eigenvalue weighted by atomic mass is 10.1. The summed E-state index contributed by atoms with van der Waals surface area (Å²) in [5, 5.41) is 3.62. The summed E-state index contributed by atoms with van der Waals surface area (Å²) in [7, 11) is 0. The van der Waals surface area contributed by atoms with E-state index in [1.807, 2.05) is 24.3 Å². The summed E-state index contributed by atoms with van der Waals surface area (Å²) < 4.78 is 0. The Labute approximate surface area is 121 Å². The highest BCUT2D eigenvalue weighted by molar-refractivity contribution is 7.80. The smallest absolute Gasteiger partial charge is 0.230 e. The summed E-state index contributed by atoms with van der Waals surface area (Å²) in [5.74, 6) is -0.0145. The number of benzene rings is 1. The fourth-order valence-corrected chi connectivity index (χ4v) is 3.42. The summed E-state index contributed by atoms with van der Waals surface area (Å²) in [6.45, 7) is 0. The van der Waals surface area contributed by atoms with Gasteiger partial charge in [0.05, 0.1) is 12.1 Å². The minimum atomic E-state index is -0.0145. The van der Waals surface area contributed by atoms with Crippen LogP contribution in [-0.4, -0.2) is 10.9 Å². The molecule has 0 fully saturated rings. The molecular weight excluding hydrogens is 276 g/mol. The molecule has 2 aromatic rings. The third kappa shape index (κ3) is 2.98. The lowest BCUT2D eigenvalue weighted by Gasteiger charge is -2.02. The van der Waals surface area contributed by atoms with Gasteiger partial charge in [0.1, 0.15) is 0 Å². The molecule has 1 aliphatic carbocycles. The lowest BCUT2D eigenvalue weighted by Crippen LogP contribution is -2.14. The van der Waals surface area contributed by atoms with E-state index in [-0.39, 0.29) is 5.91 Å². The van der Waals surface area contributed by atoms with Gasteiger partial charge in [0, 0.05) is 9.77 Å². The quantitative estimate of drug-likeness (QED) is 0.853. The number of thiol groups is 1. The maximum atomic E-state index is 11.9. The van der Waals surface area contributed by atoms with Crippen molar-refractivity contribution in [2.75, 3.05) is 5.32 Å². The van der Waals surface area contributed by atoms with Gasteiger partial charge in [0.15, 0.2) is 5.13 Å². The van der Waals surface area contributed by atoms with Crippen molar-refractivity contribution in [3.05, 3.63) is 40.4 Å². The molecule has 0 spiro atoms. The number of anilines is 1. The number of hydrogen-bond donors (Lipinski definition) is 2. The number of hydrogen-bond acceptors (Lipinski definition) is 4. The minimum absolute atomic E-state index is 0.0145. The van der Waals surface area contributed by atoms with Gasteiger partial charge in [0.25, 0.3) is 0 Å². The van der Waals surface area contributed by atoms with E-state index >= 15 is 0 Å². The molecule has 0 radical (unpaired) electrons. The third-order valence-electron chi connectivity index (χ3n) is 3.14. The highest BCUT2D eigenvalue weighted by Crippen LogP contribution is 2.30. The molecule has 1 aromatic heterocycles. The van der Waals surface area contributed by atoms with Gasteiger partial charge in [-0.15, -0.1) is 24.0 Å². The van der Waals surface area contributed by atoms with Crippen LogP contribution in [0.1, 0.15) is 22.6 Å². The van der Waals surface area contributed by atoms with Crippen LogP contribution in [0.3, 0.4) is 0 Å². The van der Waals surface area contributed by atoms with Crippen LogP contribution in [-0.2, 0) is 24.1 Å². The second-order valence-corrected chi connectivity index (χ2v) is 6.23. The molecule has 19 heavy (non-hydrogen) atoms. The Hall–Kier alpha value is -1.33. The van der Waals surface area contributed by atoms with Gasteiger partial charge < -0.3 is 5.32 Å². The van der Waals surface area contributed by atoms with Gasteiger partial charge in [-0.05, 0) is 37.0 Å². The topological polar surface area (TPSA) is 42.0 Å². The second kappa shape index (κ2) is 5.35. The lowest BCUT2D eigenvalue weighted by molar-refractivity contribution is -0.115. The van der Waals surface area contributed by atoms with Crippen molar-refractivity contribution < 1.29 is 4.79 Å². The SMILES string of the molecule is O=C(Cc1ccc(S)cc1)Nc1nc2c(s1)CCC2. The van der Waals surface area contributed by atoms with Gasteiger partial charge >= 0.3 is 0 Å². The van der Waals surface area contributed by atoms with E-state index in [1.165, 1.54) is 17.0 Å². The molecule has 1 N–H and O–H groups in total. The number of aromatic nitrogens is 1. The van der Waals surface area contributed by atoms with Crippen LogP contribution in [0.25, 0.3) is 0 Å². The number of carbonyl (C=O) groups is 1. The standard InChI is InChI=1S/C14H14N2OS2/c17-13(8-9-4-6-10(18)7-5-9)16-14-15-11-2-1-3-12(11)19-14/h4-7,18H,1-3,8H2,(H,15,16,17). The minimum Gasteiger partial charge on any atom is -0.302 e. The molecule has 0 atom stereocenters. The van der Waals surface area contributed by atoms with Crippen LogP contribution in [0.15, 0.2) is 29.2 Å². The average Bonchev–Trinajstić information content (AvgIpc) is 2.92. The van der Waals surface area contributed by atoms with E-state index in [2.05, 4.69) is 22.9 Å². The van der Waals surface area contributed by atoms with E-state index in [0.29, 0.717) is 6.42 Å². The molecule has 98 valence electrons. The fraction of sp³-hybridized carbons (Fsp3) is 0.286. The zero-order chi connectivity index (χ0) is 13.2. The van der Waals surface area contributed by atoms with Gasteiger partial charge in [-0.2, -0.15) is 0 Å². The molecule has 0 unspecified atom stereocenters. The van der Waals surface area contributed by atoms with Crippen molar-refractivity contribution in [2.24, 2.45) is 0 Å². The van der Waals surface area contributed by atoms with Crippen molar-refractivity contribution in [1.29, 1.82) is 0 Å². The Morgan fingerprint density at radius 3 is 2.84 bits per heavy atom. The van der Waals surface area contributed by atoms with E-state index in [9.17, 15) is 4.79 Å². The molecule has 1 aromatic carbocycles. The van der Waals surface area contributed by atoms with Gasteiger partial charge in [-0.25, -0.2) is 4.98 Å². The van der Waals surface area contributed by atoms with Crippen molar-refractivity contribution >= 4 is 35.0 Å². The second-order valence-electron chi connectivity index (χ2n) is 4.63. The molecular formula is C14H14N2OS2. The average molecular weight is 290 g/mol. The fourth-order valence-electron chi connectivity index (χ4n) is 2.21. The van der Waals surface area contributed by atoms with E-state index in [0.717, 1.165) is 28.4 Å². The maximum Gasteiger partial charge on any atom is 0.230 e. The number of carbonyl (C=O) groups excluding carboxylic acids is 1. The van der Waals surface area contributed by atoms with Crippen molar-refractivity contribution in [1.82, 2.24) is 4.98 Å². The largest absolute Gasteiger partial charge is 0.302 e. The highest BCUT2D eigenvalue weighted by atomic mass is 32.1. The Bertz CT molecular complexity index is 583. The molecule has 5 heteroatoms. The molecule has 1 aliphatic rings. The van der Waals surface area contributed by atoms with E-state index in [1.54, 1.807) is 11.3 Å². The molecule has 0 aliphatic heterocycles. The Morgan fingerprint density at radius 2 is 2.11 bits per heavy atom. The third-order valence-corrected chi connectivity index (χ3v) is 4.51. The molecule has 3 nitrogen and oxygen atoms in total. The summed E-state index contributed by atoms with van der Waals surface area (Å²) in [6, 6.07) is 7.63. The van der Waals surface area contributed by atoms with Gasteiger partial charge in [0.2, 0.25) is 5.91 Å². The number of nitrogens with zero attached hydrogens (tertiary/aromatic N) is 1. The number of fused-ring (bicyclic) bond motifs is 1. The first-order valence-electron chi connectivity index (χ1n) is 6.27. The molecule has 1 heterocycles. The summed E-state index contributed by atoms with van der Waals surface area (Å²) in [5.41, 5.74) is 2.15. The monoisotopic (exact) mass is 290 g/mol. The van der Waals surface area contributed by atoms with E-state index in [4.69, 9.17) is 0 Å². The van der Waals surface area contributed by atoms with E-state index < -0.39 is 0 Å². The summed E-state index contributed by atoms with van der Waals surface area (Å²) >= 11 is 5.83. The molecule has 1 amide bonds. The first kappa shape index (κ1) is 12.7. The normalized spacial score (nSPS) is 13.3. The Morgan fingerprint density at radius 1 is 1.32 bits per heavy atom. The predicted molar refractivity (Wildman–Crippen MR) is 80.2 cm³/mol. The number of nitrogens with one attached hydrogen (secondary N) is 1. The zero-order valence-electron chi connectivity index (χ0n) is 10.3. The summed E-state index contributed by atoms with van der Waals surface area (Å²) in [6.07, 6.45) is 3.72. The van der Waals surface area contributed by atoms with Crippen LogP contribution in [0.5, 0.6) is 0 Å².